The van der Waals surface area contributed by atoms with Crippen LogP contribution >= 0.6 is 0 Å². The highest BCUT2D eigenvalue weighted by atomic mass is 16.5. The fourth-order valence-corrected chi connectivity index (χ4v) is 3.40. The van der Waals surface area contributed by atoms with E-state index in [-0.39, 0.29) is 11.8 Å². The van der Waals surface area contributed by atoms with Gasteiger partial charge in [0, 0.05) is 58.3 Å². The molecule has 0 aromatic heterocycles. The first-order valence-electron chi connectivity index (χ1n) is 9.97. The number of carbonyl (C=O) groups excluding carboxylic acids is 2. The minimum Gasteiger partial charge on any atom is -0.497 e. The molecule has 0 bridgehead atoms. The maximum absolute atomic E-state index is 12.6. The predicted molar refractivity (Wildman–Crippen MR) is 112 cm³/mol. The van der Waals surface area contributed by atoms with E-state index in [1.165, 1.54) is 0 Å². The summed E-state index contributed by atoms with van der Waals surface area (Å²) in [6, 6.07) is 8.02. The van der Waals surface area contributed by atoms with E-state index in [9.17, 15) is 9.59 Å². The van der Waals surface area contributed by atoms with E-state index >= 15 is 0 Å². The smallest absolute Gasteiger partial charge is 0.224 e. The van der Waals surface area contributed by atoms with Gasteiger partial charge in [-0.2, -0.15) is 0 Å². The second-order valence-electron chi connectivity index (χ2n) is 7.48. The van der Waals surface area contributed by atoms with Gasteiger partial charge in [0.05, 0.1) is 7.11 Å². The molecule has 0 atom stereocenters. The number of hydrogen-bond acceptors (Lipinski definition) is 5. The van der Waals surface area contributed by atoms with Crippen molar-refractivity contribution in [3.63, 3.8) is 0 Å². The monoisotopic (exact) mass is 390 g/mol. The largest absolute Gasteiger partial charge is 0.497 e. The molecule has 1 heterocycles. The molecule has 2 amide bonds. The third-order valence-electron chi connectivity index (χ3n) is 5.14. The zero-order valence-electron chi connectivity index (χ0n) is 17.7. The molecule has 2 rings (SSSR count). The van der Waals surface area contributed by atoms with E-state index < -0.39 is 0 Å². The Hall–Kier alpha value is -2.28. The number of amides is 2. The molecule has 0 unspecified atom stereocenters. The summed E-state index contributed by atoms with van der Waals surface area (Å²) in [5.41, 5.74) is 1.15. The van der Waals surface area contributed by atoms with Gasteiger partial charge in [0.25, 0.3) is 0 Å². The van der Waals surface area contributed by atoms with Gasteiger partial charge in [0.15, 0.2) is 0 Å². The Labute approximate surface area is 168 Å². The lowest BCUT2D eigenvalue weighted by Gasteiger charge is -2.36. The van der Waals surface area contributed by atoms with Crippen LogP contribution in [0, 0.1) is 0 Å². The Balaban J connectivity index is 1.76. The topological polar surface area (TPSA) is 56.3 Å². The fraction of sp³-hybridized carbons (Fsp3) is 0.619. The molecular weight excluding hydrogens is 356 g/mol. The van der Waals surface area contributed by atoms with Crippen LogP contribution in [0.1, 0.15) is 19.8 Å². The van der Waals surface area contributed by atoms with Gasteiger partial charge in [-0.1, -0.05) is 0 Å². The van der Waals surface area contributed by atoms with Crippen molar-refractivity contribution in [3.05, 3.63) is 24.3 Å². The molecule has 1 aromatic carbocycles. The number of methoxy groups -OCH3 is 1. The highest BCUT2D eigenvalue weighted by Gasteiger charge is 2.22. The molecule has 1 saturated heterocycles. The molecule has 1 aromatic rings. The van der Waals surface area contributed by atoms with Gasteiger partial charge in [-0.25, -0.2) is 0 Å². The first-order valence-corrected chi connectivity index (χ1v) is 9.97. The van der Waals surface area contributed by atoms with Crippen LogP contribution < -0.4 is 9.64 Å². The summed E-state index contributed by atoms with van der Waals surface area (Å²) < 4.78 is 5.20. The normalized spacial score (nSPS) is 14.3. The first kappa shape index (κ1) is 22.0. The zero-order chi connectivity index (χ0) is 20.5. The molecular formula is C21H34N4O3. The van der Waals surface area contributed by atoms with Crippen molar-refractivity contribution < 1.29 is 14.3 Å². The lowest BCUT2D eigenvalue weighted by molar-refractivity contribution is -0.133. The Bertz CT molecular complexity index is 625. The molecule has 0 N–H and O–H groups in total. The summed E-state index contributed by atoms with van der Waals surface area (Å²) in [6.45, 7) is 6.77. The van der Waals surface area contributed by atoms with Crippen LogP contribution in [0.2, 0.25) is 0 Å². The summed E-state index contributed by atoms with van der Waals surface area (Å²) in [7, 11) is 5.70. The Kier molecular flexibility index (Phi) is 8.57. The second-order valence-corrected chi connectivity index (χ2v) is 7.48. The summed E-state index contributed by atoms with van der Waals surface area (Å²) in [5.74, 6) is 1.02. The molecule has 7 heteroatoms. The maximum atomic E-state index is 12.6. The van der Waals surface area contributed by atoms with Crippen molar-refractivity contribution in [2.45, 2.75) is 19.8 Å². The van der Waals surface area contributed by atoms with Gasteiger partial charge in [0.2, 0.25) is 11.8 Å². The van der Waals surface area contributed by atoms with Crippen LogP contribution in [-0.2, 0) is 9.59 Å². The van der Waals surface area contributed by atoms with Crippen molar-refractivity contribution >= 4 is 17.5 Å². The van der Waals surface area contributed by atoms with E-state index in [1.807, 2.05) is 31.1 Å². The lowest BCUT2D eigenvalue weighted by atomic mass is 10.2. The molecule has 1 aliphatic heterocycles. The van der Waals surface area contributed by atoms with Crippen molar-refractivity contribution in [2.24, 2.45) is 0 Å². The third-order valence-corrected chi connectivity index (χ3v) is 5.14. The minimum absolute atomic E-state index is 0.0379. The number of carbonyl (C=O) groups is 2. The van der Waals surface area contributed by atoms with Crippen LogP contribution in [0.4, 0.5) is 5.69 Å². The molecule has 1 aliphatic rings. The quantitative estimate of drug-likeness (QED) is 0.640. The number of hydrogen-bond donors (Lipinski definition) is 0. The summed E-state index contributed by atoms with van der Waals surface area (Å²) >= 11 is 0. The van der Waals surface area contributed by atoms with Crippen molar-refractivity contribution in [1.82, 2.24) is 14.7 Å². The van der Waals surface area contributed by atoms with E-state index in [4.69, 9.17) is 4.74 Å². The van der Waals surface area contributed by atoms with Crippen LogP contribution in [0.25, 0.3) is 0 Å². The number of piperazine rings is 1. The van der Waals surface area contributed by atoms with Gasteiger partial charge in [-0.15, -0.1) is 0 Å². The molecule has 0 spiro atoms. The lowest BCUT2D eigenvalue weighted by Crippen LogP contribution is -2.49. The summed E-state index contributed by atoms with van der Waals surface area (Å²) in [5, 5.41) is 0. The maximum Gasteiger partial charge on any atom is 0.224 e. The highest BCUT2D eigenvalue weighted by molar-refractivity contribution is 5.78. The van der Waals surface area contributed by atoms with Gasteiger partial charge in [-0.3, -0.25) is 9.59 Å². The number of anilines is 1. The molecule has 0 radical (unpaired) electrons. The highest BCUT2D eigenvalue weighted by Crippen LogP contribution is 2.20. The van der Waals surface area contributed by atoms with E-state index in [0.29, 0.717) is 32.6 Å². The van der Waals surface area contributed by atoms with E-state index in [1.54, 1.807) is 18.9 Å². The summed E-state index contributed by atoms with van der Waals surface area (Å²) in [6.07, 6.45) is 1.31. The SMILES string of the molecule is COc1ccc(N2CCN(C(=O)CCN(CCCN(C)C)C(C)=O)CC2)cc1. The van der Waals surface area contributed by atoms with Crippen LogP contribution in [0.15, 0.2) is 24.3 Å². The van der Waals surface area contributed by atoms with Crippen molar-refractivity contribution in [1.29, 1.82) is 0 Å². The van der Waals surface area contributed by atoms with E-state index in [2.05, 4.69) is 21.9 Å². The van der Waals surface area contributed by atoms with Crippen molar-refractivity contribution in [2.75, 3.05) is 71.9 Å². The molecule has 1 fully saturated rings. The molecule has 7 nitrogen and oxygen atoms in total. The van der Waals surface area contributed by atoms with E-state index in [0.717, 1.165) is 37.5 Å². The van der Waals surface area contributed by atoms with Gasteiger partial charge < -0.3 is 24.3 Å². The fourth-order valence-electron chi connectivity index (χ4n) is 3.40. The number of rotatable bonds is 9. The first-order chi connectivity index (χ1) is 13.4. The zero-order valence-corrected chi connectivity index (χ0v) is 17.7. The predicted octanol–water partition coefficient (Wildman–Crippen LogP) is 1.53. The van der Waals surface area contributed by atoms with Gasteiger partial charge >= 0.3 is 0 Å². The molecule has 0 saturated carbocycles. The number of ether oxygens (including phenoxy) is 1. The average Bonchev–Trinajstić information content (AvgIpc) is 2.70. The van der Waals surface area contributed by atoms with Crippen molar-refractivity contribution in [3.8, 4) is 5.75 Å². The second kappa shape index (κ2) is 10.9. The standard InChI is InChI=1S/C21H34N4O3/c1-18(26)23(12-5-11-22(2)3)13-10-21(27)25-16-14-24(15-17-25)19-6-8-20(28-4)9-7-19/h6-9H,5,10-17H2,1-4H3. The molecule has 156 valence electrons. The van der Waals surface area contributed by atoms with Gasteiger partial charge in [-0.05, 0) is 51.3 Å². The Morgan fingerprint density at radius 3 is 2.18 bits per heavy atom. The third kappa shape index (κ3) is 6.71. The van der Waals surface area contributed by atoms with Crippen LogP contribution in [0.3, 0.4) is 0 Å². The Morgan fingerprint density at radius 1 is 1.00 bits per heavy atom. The number of nitrogens with zero attached hydrogens (tertiary/aromatic N) is 4. The molecule has 0 aliphatic carbocycles. The molecule has 28 heavy (non-hydrogen) atoms. The minimum atomic E-state index is 0.0379. The van der Waals surface area contributed by atoms with Gasteiger partial charge in [0.1, 0.15) is 5.75 Å². The summed E-state index contributed by atoms with van der Waals surface area (Å²) in [4.78, 5) is 32.5. The Morgan fingerprint density at radius 2 is 1.64 bits per heavy atom. The number of benzene rings is 1. The van der Waals surface area contributed by atoms with Crippen LogP contribution in [-0.4, -0.2) is 93.5 Å². The van der Waals surface area contributed by atoms with Crippen LogP contribution in [0.5, 0.6) is 5.75 Å². The average molecular weight is 391 g/mol.